The Balaban J connectivity index is 1.65. The van der Waals surface area contributed by atoms with Gasteiger partial charge in [0.15, 0.2) is 0 Å². The van der Waals surface area contributed by atoms with Crippen LogP contribution in [0.2, 0.25) is 0 Å². The number of hydrogen-bond acceptors (Lipinski definition) is 7. The second-order valence-electron chi connectivity index (χ2n) is 9.90. The van der Waals surface area contributed by atoms with E-state index < -0.39 is 31.8 Å². The molecule has 1 aliphatic rings. The standard InChI is InChI=1S/C28H31BrFN5O5S2/c1-32-28(36)27(34-22-11-7-20(29)8-12-22)24-15-23(19-5-6-19)26(16-25(24)31)35(41(2,37)38)14-13-33-42(39,40)17-18-3-9-21(30)10-4-18/h3-4,7-12,15-16,19,33H,5-6,13-14,17,31H2,1-2H3,(H,32,36). The Morgan fingerprint density at radius 1 is 1.07 bits per heavy atom. The summed E-state index contributed by atoms with van der Waals surface area (Å²) in [6.07, 6.45) is 2.67. The van der Waals surface area contributed by atoms with Crippen LogP contribution in [0.15, 0.2) is 70.1 Å². The largest absolute Gasteiger partial charge is 0.398 e. The molecule has 10 nitrogen and oxygen atoms in total. The van der Waals surface area contributed by atoms with Crippen molar-refractivity contribution in [2.75, 3.05) is 36.4 Å². The van der Waals surface area contributed by atoms with E-state index in [9.17, 15) is 26.0 Å². The molecular weight excluding hydrogens is 649 g/mol. The highest BCUT2D eigenvalue weighted by molar-refractivity contribution is 9.10. The summed E-state index contributed by atoms with van der Waals surface area (Å²) in [6, 6.07) is 15.3. The smallest absolute Gasteiger partial charge is 0.270 e. The van der Waals surface area contributed by atoms with E-state index in [0.29, 0.717) is 28.1 Å². The van der Waals surface area contributed by atoms with Crippen LogP contribution in [-0.4, -0.2) is 54.8 Å². The molecule has 0 bridgehead atoms. The first kappa shape index (κ1) is 31.6. The van der Waals surface area contributed by atoms with Crippen molar-refractivity contribution >= 4 is 64.7 Å². The third-order valence-electron chi connectivity index (χ3n) is 6.56. The molecule has 1 saturated carbocycles. The third-order valence-corrected chi connectivity index (χ3v) is 9.62. The molecule has 4 rings (SSSR count). The maximum Gasteiger partial charge on any atom is 0.270 e. The lowest BCUT2D eigenvalue weighted by molar-refractivity contribution is -0.114. The van der Waals surface area contributed by atoms with E-state index in [4.69, 9.17) is 5.73 Å². The SMILES string of the molecule is CNC(=O)C(=Nc1ccc(Br)cc1)c1cc(C2CC2)c(N(CCNS(=O)(=O)Cc2ccc(F)cc2)S(C)(=O)=O)cc1N. The number of nitrogen functional groups attached to an aromatic ring is 1. The molecule has 1 amide bonds. The summed E-state index contributed by atoms with van der Waals surface area (Å²) in [4.78, 5) is 17.4. The topological polar surface area (TPSA) is 151 Å². The highest BCUT2D eigenvalue weighted by atomic mass is 79.9. The van der Waals surface area contributed by atoms with Crippen LogP contribution < -0.4 is 20.1 Å². The van der Waals surface area contributed by atoms with Crippen LogP contribution in [-0.2, 0) is 30.6 Å². The minimum absolute atomic E-state index is 0.0392. The predicted molar refractivity (Wildman–Crippen MR) is 166 cm³/mol. The van der Waals surface area contributed by atoms with Crippen LogP contribution >= 0.6 is 15.9 Å². The number of hydrogen-bond donors (Lipinski definition) is 3. The van der Waals surface area contributed by atoms with Gasteiger partial charge < -0.3 is 11.1 Å². The molecule has 14 heteroatoms. The van der Waals surface area contributed by atoms with Crippen molar-refractivity contribution in [1.82, 2.24) is 10.0 Å². The molecule has 0 atom stereocenters. The number of nitrogens with one attached hydrogen (secondary N) is 2. The van der Waals surface area contributed by atoms with E-state index in [1.165, 1.54) is 37.4 Å². The van der Waals surface area contributed by atoms with Gasteiger partial charge >= 0.3 is 0 Å². The molecule has 0 aromatic heterocycles. The van der Waals surface area contributed by atoms with Gasteiger partial charge in [-0.05, 0) is 78.4 Å². The number of anilines is 2. The van der Waals surface area contributed by atoms with Gasteiger partial charge in [0, 0.05) is 35.9 Å². The van der Waals surface area contributed by atoms with Crippen molar-refractivity contribution in [3.8, 4) is 0 Å². The monoisotopic (exact) mass is 679 g/mol. The number of carbonyl (C=O) groups excluding carboxylic acids is 1. The molecule has 42 heavy (non-hydrogen) atoms. The van der Waals surface area contributed by atoms with Gasteiger partial charge in [0.1, 0.15) is 11.5 Å². The van der Waals surface area contributed by atoms with Gasteiger partial charge in [-0.1, -0.05) is 28.1 Å². The molecule has 224 valence electrons. The molecule has 1 aliphatic carbocycles. The molecule has 0 aliphatic heterocycles. The zero-order valence-electron chi connectivity index (χ0n) is 23.0. The average molecular weight is 681 g/mol. The number of nitrogens with zero attached hydrogens (tertiary/aromatic N) is 2. The van der Waals surface area contributed by atoms with Crippen LogP contribution in [0.4, 0.5) is 21.5 Å². The Bertz CT molecular complexity index is 1710. The second-order valence-corrected chi connectivity index (χ2v) is 14.5. The highest BCUT2D eigenvalue weighted by Gasteiger charge is 2.32. The number of amides is 1. The normalized spacial score (nSPS) is 14.0. The van der Waals surface area contributed by atoms with Crippen molar-refractivity contribution in [3.05, 3.63) is 87.6 Å². The number of nitrogens with two attached hydrogens (primary N) is 1. The molecular formula is C28H31BrFN5O5S2. The van der Waals surface area contributed by atoms with Crippen LogP contribution in [0.5, 0.6) is 0 Å². The van der Waals surface area contributed by atoms with E-state index >= 15 is 0 Å². The molecule has 0 heterocycles. The molecule has 0 unspecified atom stereocenters. The molecule has 0 spiro atoms. The van der Waals surface area contributed by atoms with Crippen LogP contribution in [0.25, 0.3) is 0 Å². The third kappa shape index (κ3) is 8.15. The lowest BCUT2D eigenvalue weighted by Gasteiger charge is -2.26. The minimum Gasteiger partial charge on any atom is -0.398 e. The Morgan fingerprint density at radius 3 is 2.29 bits per heavy atom. The van der Waals surface area contributed by atoms with Crippen molar-refractivity contribution in [3.63, 3.8) is 0 Å². The number of rotatable bonds is 12. The lowest BCUT2D eigenvalue weighted by Crippen LogP contribution is -2.39. The number of aliphatic imine (C=N–C) groups is 1. The van der Waals surface area contributed by atoms with Gasteiger partial charge in [0.2, 0.25) is 20.0 Å². The fourth-order valence-corrected chi connectivity index (χ4v) is 6.72. The Labute approximate surface area is 253 Å². The van der Waals surface area contributed by atoms with Gasteiger partial charge in [0.25, 0.3) is 5.91 Å². The van der Waals surface area contributed by atoms with Gasteiger partial charge in [-0.3, -0.25) is 9.10 Å². The number of carbonyl (C=O) groups is 1. The van der Waals surface area contributed by atoms with Crippen molar-refractivity contribution < 1.29 is 26.0 Å². The zero-order chi connectivity index (χ0) is 30.7. The summed E-state index contributed by atoms with van der Waals surface area (Å²) in [7, 11) is -6.22. The maximum absolute atomic E-state index is 13.2. The van der Waals surface area contributed by atoms with Gasteiger partial charge in [-0.15, -0.1) is 0 Å². The zero-order valence-corrected chi connectivity index (χ0v) is 26.2. The number of halogens is 2. The van der Waals surface area contributed by atoms with Gasteiger partial charge in [-0.25, -0.2) is 30.9 Å². The molecule has 3 aromatic carbocycles. The van der Waals surface area contributed by atoms with Gasteiger partial charge in [0.05, 0.1) is 23.4 Å². The van der Waals surface area contributed by atoms with Crippen molar-refractivity contribution in [2.24, 2.45) is 4.99 Å². The summed E-state index contributed by atoms with van der Waals surface area (Å²) in [5, 5.41) is 2.59. The van der Waals surface area contributed by atoms with E-state index in [0.717, 1.165) is 27.9 Å². The number of likely N-dealkylation sites (N-methyl/N-ethyl adjacent to an activating group) is 1. The van der Waals surface area contributed by atoms with E-state index in [2.05, 4.69) is 31.0 Å². The first-order chi connectivity index (χ1) is 19.8. The quantitative estimate of drug-likeness (QED) is 0.196. The van der Waals surface area contributed by atoms with Crippen molar-refractivity contribution in [1.29, 1.82) is 0 Å². The number of benzene rings is 3. The summed E-state index contributed by atoms with van der Waals surface area (Å²) in [5.74, 6) is -1.29. The average Bonchev–Trinajstić information content (AvgIpc) is 3.76. The lowest BCUT2D eigenvalue weighted by atomic mass is 9.98. The molecule has 3 aromatic rings. The Morgan fingerprint density at radius 2 is 1.71 bits per heavy atom. The first-order valence-corrected chi connectivity index (χ1v) is 17.3. The minimum atomic E-state index is -3.86. The fraction of sp³-hybridized carbons (Fsp3) is 0.286. The summed E-state index contributed by atoms with van der Waals surface area (Å²) < 4.78 is 68.7. The van der Waals surface area contributed by atoms with Crippen LogP contribution in [0, 0.1) is 5.82 Å². The van der Waals surface area contributed by atoms with Crippen LogP contribution in [0.1, 0.15) is 35.4 Å². The molecule has 0 radical (unpaired) electrons. The van der Waals surface area contributed by atoms with E-state index in [-0.39, 0.29) is 36.2 Å². The van der Waals surface area contributed by atoms with E-state index in [1.54, 1.807) is 30.3 Å². The Hall–Kier alpha value is -3.33. The predicted octanol–water partition coefficient (Wildman–Crippen LogP) is 3.80. The van der Waals surface area contributed by atoms with Gasteiger partial charge in [-0.2, -0.15) is 0 Å². The molecule has 4 N–H and O–H groups in total. The molecule has 1 fully saturated rings. The Kier molecular flexibility index (Phi) is 9.70. The number of sulfonamides is 2. The summed E-state index contributed by atoms with van der Waals surface area (Å²) >= 11 is 3.37. The van der Waals surface area contributed by atoms with Crippen molar-refractivity contribution in [2.45, 2.75) is 24.5 Å². The summed E-state index contributed by atoms with van der Waals surface area (Å²) in [6.45, 7) is -0.411. The summed E-state index contributed by atoms with van der Waals surface area (Å²) in [5.41, 5.74) is 8.91. The molecule has 0 saturated heterocycles. The van der Waals surface area contributed by atoms with E-state index in [1.807, 2.05) is 0 Å². The van der Waals surface area contributed by atoms with Crippen LogP contribution in [0.3, 0.4) is 0 Å². The second kappa shape index (κ2) is 12.9. The first-order valence-electron chi connectivity index (χ1n) is 13.0. The highest BCUT2D eigenvalue weighted by Crippen LogP contribution is 2.46. The maximum atomic E-state index is 13.2. The fourth-order valence-electron chi connectivity index (χ4n) is 4.38.